The molecule has 0 aliphatic carbocycles. The van der Waals surface area contributed by atoms with Gasteiger partial charge in [-0.25, -0.2) is 0 Å². The van der Waals surface area contributed by atoms with Crippen LogP contribution in [0.25, 0.3) is 0 Å². The standard InChI is InChI=1S/C23H32Cl2O3Si/c1-14(2)29(15(3)4,16(5)6)28-19-12-20(24)22(21(25)13-19)23(26)17-8-10-18(27-7)11-9-17/h8-16,23,26H,1-7H3. The Morgan fingerprint density at radius 3 is 1.62 bits per heavy atom. The lowest BCUT2D eigenvalue weighted by Crippen LogP contribution is -2.50. The monoisotopic (exact) mass is 454 g/mol. The van der Waals surface area contributed by atoms with Gasteiger partial charge in [-0.05, 0) is 46.5 Å². The topological polar surface area (TPSA) is 38.7 Å². The average Bonchev–Trinajstić information content (AvgIpc) is 2.64. The number of aliphatic hydroxyl groups is 1. The molecule has 0 radical (unpaired) electrons. The highest BCUT2D eigenvalue weighted by molar-refractivity contribution is 6.78. The molecule has 0 spiro atoms. The second-order valence-corrected chi connectivity index (χ2v) is 14.6. The normalized spacial score (nSPS) is 13.3. The summed E-state index contributed by atoms with van der Waals surface area (Å²) in [6.07, 6.45) is -0.933. The Morgan fingerprint density at radius 2 is 1.24 bits per heavy atom. The van der Waals surface area contributed by atoms with E-state index in [1.165, 1.54) is 0 Å². The van der Waals surface area contributed by atoms with Gasteiger partial charge in [0.25, 0.3) is 8.32 Å². The highest BCUT2D eigenvalue weighted by atomic mass is 35.5. The smallest absolute Gasteiger partial charge is 0.258 e. The van der Waals surface area contributed by atoms with Crippen molar-refractivity contribution in [2.24, 2.45) is 0 Å². The van der Waals surface area contributed by atoms with Crippen LogP contribution in [-0.4, -0.2) is 20.5 Å². The van der Waals surface area contributed by atoms with E-state index in [-0.39, 0.29) is 0 Å². The van der Waals surface area contributed by atoms with Crippen molar-refractivity contribution in [2.45, 2.75) is 64.3 Å². The number of ether oxygens (including phenoxy) is 1. The van der Waals surface area contributed by atoms with Crippen LogP contribution >= 0.6 is 23.2 Å². The summed E-state index contributed by atoms with van der Waals surface area (Å²) in [4.78, 5) is 0. The zero-order chi connectivity index (χ0) is 21.9. The molecular formula is C23H32Cl2O3Si. The van der Waals surface area contributed by atoms with Crippen molar-refractivity contribution < 1.29 is 14.3 Å². The van der Waals surface area contributed by atoms with Gasteiger partial charge in [-0.2, -0.15) is 0 Å². The summed E-state index contributed by atoms with van der Waals surface area (Å²) in [7, 11) is -0.523. The minimum absolute atomic E-state index is 0.398. The van der Waals surface area contributed by atoms with Crippen LogP contribution in [0.1, 0.15) is 58.8 Å². The van der Waals surface area contributed by atoms with Crippen molar-refractivity contribution in [3.8, 4) is 11.5 Å². The van der Waals surface area contributed by atoms with E-state index in [1.54, 1.807) is 43.5 Å². The Kier molecular flexibility index (Phi) is 8.08. The van der Waals surface area contributed by atoms with Crippen LogP contribution in [0.4, 0.5) is 0 Å². The Hall–Kier alpha value is -1.20. The predicted molar refractivity (Wildman–Crippen MR) is 125 cm³/mol. The van der Waals surface area contributed by atoms with Crippen molar-refractivity contribution in [1.29, 1.82) is 0 Å². The van der Waals surface area contributed by atoms with Gasteiger partial charge in [0.15, 0.2) is 0 Å². The fraction of sp³-hybridized carbons (Fsp3) is 0.478. The van der Waals surface area contributed by atoms with Crippen molar-refractivity contribution in [3.05, 3.63) is 57.6 Å². The summed E-state index contributed by atoms with van der Waals surface area (Å²) in [6.45, 7) is 13.4. The van der Waals surface area contributed by atoms with Gasteiger partial charge < -0.3 is 14.3 Å². The van der Waals surface area contributed by atoms with E-state index in [4.69, 9.17) is 32.4 Å². The van der Waals surface area contributed by atoms with Gasteiger partial charge in [-0.15, -0.1) is 0 Å². The first-order valence-corrected chi connectivity index (χ1v) is 12.9. The number of halogens is 2. The predicted octanol–water partition coefficient (Wildman–Crippen LogP) is 7.64. The molecule has 2 rings (SSSR count). The molecule has 1 atom stereocenters. The molecule has 1 N–H and O–H groups in total. The lowest BCUT2D eigenvalue weighted by molar-refractivity contribution is 0.220. The number of benzene rings is 2. The Labute approximate surface area is 186 Å². The first-order valence-electron chi connectivity index (χ1n) is 10.0. The first-order chi connectivity index (χ1) is 13.5. The van der Waals surface area contributed by atoms with Crippen LogP contribution in [-0.2, 0) is 0 Å². The Bertz CT molecular complexity index is 775. The molecule has 0 saturated heterocycles. The molecule has 29 heavy (non-hydrogen) atoms. The minimum Gasteiger partial charge on any atom is -0.543 e. The molecule has 0 amide bonds. The van der Waals surface area contributed by atoms with Crippen molar-refractivity contribution in [2.75, 3.05) is 7.11 Å². The second kappa shape index (κ2) is 9.74. The van der Waals surface area contributed by atoms with Gasteiger partial charge in [0, 0.05) is 5.56 Å². The van der Waals surface area contributed by atoms with Crippen LogP contribution < -0.4 is 9.16 Å². The second-order valence-electron chi connectivity index (χ2n) is 8.40. The van der Waals surface area contributed by atoms with E-state index in [1.807, 2.05) is 0 Å². The van der Waals surface area contributed by atoms with Crippen LogP contribution in [0.2, 0.25) is 26.7 Å². The summed E-state index contributed by atoms with van der Waals surface area (Å²) in [5.74, 6) is 1.40. The fourth-order valence-electron chi connectivity index (χ4n) is 4.39. The molecule has 0 heterocycles. The Balaban J connectivity index is 2.42. The number of aliphatic hydroxyl groups excluding tert-OH is 1. The highest BCUT2D eigenvalue weighted by Crippen LogP contribution is 2.45. The molecule has 3 nitrogen and oxygen atoms in total. The third-order valence-electron chi connectivity index (χ3n) is 5.76. The maximum absolute atomic E-state index is 10.9. The summed E-state index contributed by atoms with van der Waals surface area (Å²) in [5, 5.41) is 11.7. The molecule has 0 fully saturated rings. The van der Waals surface area contributed by atoms with Crippen molar-refractivity contribution >= 4 is 31.5 Å². The van der Waals surface area contributed by atoms with Crippen LogP contribution in [0, 0.1) is 0 Å². The van der Waals surface area contributed by atoms with Crippen LogP contribution in [0.5, 0.6) is 11.5 Å². The zero-order valence-electron chi connectivity index (χ0n) is 18.3. The van der Waals surface area contributed by atoms with E-state index in [0.717, 1.165) is 5.75 Å². The molecule has 2 aromatic carbocycles. The molecule has 0 bridgehead atoms. The summed E-state index contributed by atoms with van der Waals surface area (Å²) in [6, 6.07) is 10.8. The number of hydrogen-bond acceptors (Lipinski definition) is 3. The number of rotatable bonds is 8. The third kappa shape index (κ3) is 4.93. The molecular weight excluding hydrogens is 423 g/mol. The third-order valence-corrected chi connectivity index (χ3v) is 12.4. The largest absolute Gasteiger partial charge is 0.543 e. The molecule has 0 aromatic heterocycles. The molecule has 0 aliphatic heterocycles. The summed E-state index contributed by atoms with van der Waals surface area (Å²) in [5.41, 5.74) is 2.48. The van der Waals surface area contributed by atoms with E-state index >= 15 is 0 Å². The maximum atomic E-state index is 10.9. The SMILES string of the molecule is COc1ccc(C(O)c2c(Cl)cc(O[Si](C(C)C)(C(C)C)C(C)C)cc2Cl)cc1. The van der Waals surface area contributed by atoms with Gasteiger partial charge >= 0.3 is 0 Å². The van der Waals surface area contributed by atoms with E-state index in [2.05, 4.69) is 41.5 Å². The molecule has 1 unspecified atom stereocenters. The lowest BCUT2D eigenvalue weighted by Gasteiger charge is -2.42. The van der Waals surface area contributed by atoms with E-state index in [0.29, 0.717) is 43.5 Å². The zero-order valence-corrected chi connectivity index (χ0v) is 20.8. The van der Waals surface area contributed by atoms with Gasteiger partial charge in [0.2, 0.25) is 0 Å². The van der Waals surface area contributed by atoms with Crippen molar-refractivity contribution in [1.82, 2.24) is 0 Å². The molecule has 6 heteroatoms. The Morgan fingerprint density at radius 1 is 0.793 bits per heavy atom. The average molecular weight is 455 g/mol. The van der Waals surface area contributed by atoms with Gasteiger partial charge in [0.05, 0.1) is 17.2 Å². The van der Waals surface area contributed by atoms with Gasteiger partial charge in [-0.3, -0.25) is 0 Å². The van der Waals surface area contributed by atoms with Gasteiger partial charge in [0.1, 0.15) is 17.6 Å². The minimum atomic E-state index is -2.13. The molecule has 0 saturated carbocycles. The van der Waals surface area contributed by atoms with Gasteiger partial charge in [-0.1, -0.05) is 76.9 Å². The molecule has 160 valence electrons. The van der Waals surface area contributed by atoms with E-state index in [9.17, 15) is 5.11 Å². The molecule has 0 aliphatic rings. The lowest BCUT2D eigenvalue weighted by atomic mass is 10.0. The quantitative estimate of drug-likeness (QED) is 0.416. The summed E-state index contributed by atoms with van der Waals surface area (Å²) < 4.78 is 11.9. The number of methoxy groups -OCH3 is 1. The molecule has 2 aromatic rings. The van der Waals surface area contributed by atoms with Crippen molar-refractivity contribution in [3.63, 3.8) is 0 Å². The van der Waals surface area contributed by atoms with Crippen LogP contribution in [0.3, 0.4) is 0 Å². The number of hydrogen-bond donors (Lipinski definition) is 1. The maximum Gasteiger partial charge on any atom is 0.258 e. The highest BCUT2D eigenvalue weighted by Gasteiger charge is 2.47. The first kappa shape index (κ1) is 24.1. The fourth-order valence-corrected chi connectivity index (χ4v) is 10.3. The van der Waals surface area contributed by atoms with E-state index < -0.39 is 14.4 Å². The van der Waals surface area contributed by atoms with Crippen LogP contribution in [0.15, 0.2) is 36.4 Å². The summed E-state index contributed by atoms with van der Waals surface area (Å²) >= 11 is 13.1.